The second-order valence-electron chi connectivity index (χ2n) is 5.94. The molecule has 2 aromatic carbocycles. The van der Waals surface area contributed by atoms with Crippen LogP contribution in [0.3, 0.4) is 0 Å². The lowest BCUT2D eigenvalue weighted by Gasteiger charge is -2.15. The van der Waals surface area contributed by atoms with Crippen molar-refractivity contribution in [3.63, 3.8) is 0 Å². The molecule has 1 fully saturated rings. The molecule has 0 aliphatic heterocycles. The monoisotopic (exact) mass is 548 g/mol. The Bertz CT molecular complexity index is 962. The quantitative estimate of drug-likeness (QED) is 0.351. The summed E-state index contributed by atoms with van der Waals surface area (Å²) in [5, 5.41) is 21.0. The zero-order valence-electron chi connectivity index (χ0n) is 15.5. The van der Waals surface area contributed by atoms with Crippen molar-refractivity contribution in [2.24, 2.45) is 0 Å². The number of benzene rings is 2. The standard InChI is InChI=1S/C11H12BrNO3.C6H3BrFNO2.CO2/c1-2-11(5-6-11)16-10-4-3-8(12)7-9(10)13(14)15;7-4-1-2-5(8)6(3-4)9(10)11;2-1-3/h3-4,7H,2,5-6H2,1H3;1-3H;. The minimum absolute atomic E-state index is 0.0223. The number of hydrogen-bond acceptors (Lipinski definition) is 7. The molecule has 2 aromatic rings. The van der Waals surface area contributed by atoms with Crippen LogP contribution in [0, 0.1) is 26.0 Å². The van der Waals surface area contributed by atoms with E-state index < -0.39 is 21.4 Å². The highest BCUT2D eigenvalue weighted by molar-refractivity contribution is 9.10. The number of halogens is 3. The Morgan fingerprint density at radius 1 is 1.03 bits per heavy atom. The van der Waals surface area contributed by atoms with Gasteiger partial charge in [0.1, 0.15) is 5.60 Å². The van der Waals surface area contributed by atoms with Crippen LogP contribution in [0.4, 0.5) is 15.8 Å². The molecule has 0 aromatic heterocycles. The predicted octanol–water partition coefficient (Wildman–Crippen LogP) is 5.59. The van der Waals surface area contributed by atoms with Gasteiger partial charge in [-0.05, 0) is 43.5 Å². The van der Waals surface area contributed by atoms with Gasteiger partial charge in [0, 0.05) is 21.1 Å². The van der Waals surface area contributed by atoms with Crippen LogP contribution in [0.1, 0.15) is 26.2 Å². The number of nitrogens with zero attached hydrogens (tertiary/aromatic N) is 2. The average molecular weight is 550 g/mol. The fraction of sp³-hybridized carbons (Fsp3) is 0.278. The summed E-state index contributed by atoms with van der Waals surface area (Å²) < 4.78 is 19.5. The summed E-state index contributed by atoms with van der Waals surface area (Å²) in [5.41, 5.74) is -0.646. The SMILES string of the molecule is CCC1(Oc2ccc(Br)cc2[N+](=O)[O-])CC1.O=C=O.O=[N+]([O-])c1cc(Br)ccc1F. The number of rotatable bonds is 5. The van der Waals surface area contributed by atoms with E-state index in [1.807, 2.05) is 6.92 Å². The van der Waals surface area contributed by atoms with E-state index >= 15 is 0 Å². The van der Waals surface area contributed by atoms with E-state index in [4.69, 9.17) is 14.3 Å². The van der Waals surface area contributed by atoms with Crippen LogP contribution in [0.15, 0.2) is 45.3 Å². The highest BCUT2D eigenvalue weighted by Crippen LogP contribution is 2.45. The van der Waals surface area contributed by atoms with Gasteiger partial charge >= 0.3 is 17.5 Å². The highest BCUT2D eigenvalue weighted by atomic mass is 79.9. The van der Waals surface area contributed by atoms with Gasteiger partial charge in [0.05, 0.1) is 9.85 Å². The molecule has 0 radical (unpaired) electrons. The molecule has 1 aliphatic rings. The molecule has 1 aliphatic carbocycles. The van der Waals surface area contributed by atoms with Gasteiger partial charge in [-0.2, -0.15) is 14.0 Å². The molecule has 30 heavy (non-hydrogen) atoms. The van der Waals surface area contributed by atoms with Crippen molar-refractivity contribution in [2.75, 3.05) is 0 Å². The minimum atomic E-state index is -0.821. The van der Waals surface area contributed by atoms with Gasteiger partial charge in [-0.15, -0.1) is 0 Å². The molecule has 0 bridgehead atoms. The van der Waals surface area contributed by atoms with E-state index in [1.165, 1.54) is 12.1 Å². The van der Waals surface area contributed by atoms with Gasteiger partial charge < -0.3 is 4.74 Å². The van der Waals surface area contributed by atoms with Crippen LogP contribution in [-0.4, -0.2) is 21.6 Å². The Kier molecular flexibility index (Phi) is 9.70. The first-order valence-corrected chi connectivity index (χ1v) is 9.89. The van der Waals surface area contributed by atoms with Crippen molar-refractivity contribution in [1.29, 1.82) is 0 Å². The predicted molar refractivity (Wildman–Crippen MR) is 109 cm³/mol. The van der Waals surface area contributed by atoms with E-state index in [0.717, 1.165) is 31.4 Å². The van der Waals surface area contributed by atoms with Gasteiger partial charge in [-0.25, -0.2) is 0 Å². The lowest BCUT2D eigenvalue weighted by atomic mass is 10.2. The molecule has 9 nitrogen and oxygen atoms in total. The van der Waals surface area contributed by atoms with Crippen molar-refractivity contribution >= 4 is 49.4 Å². The number of nitro benzene ring substituents is 2. The number of carbonyl (C=O) groups excluding carboxylic acids is 2. The summed E-state index contributed by atoms with van der Waals surface area (Å²) in [6.45, 7) is 2.04. The summed E-state index contributed by atoms with van der Waals surface area (Å²) in [5.74, 6) is -0.453. The molecule has 1 saturated carbocycles. The first kappa shape index (κ1) is 25.3. The Hall–Kier alpha value is -2.69. The second kappa shape index (κ2) is 11.5. The third kappa shape index (κ3) is 7.62. The maximum Gasteiger partial charge on any atom is 0.373 e. The zero-order chi connectivity index (χ0) is 22.9. The molecule has 0 spiro atoms. The van der Waals surface area contributed by atoms with Gasteiger partial charge in [0.2, 0.25) is 5.82 Å². The second-order valence-corrected chi connectivity index (χ2v) is 7.78. The number of ether oxygens (including phenoxy) is 1. The normalized spacial score (nSPS) is 12.8. The third-order valence-electron chi connectivity index (χ3n) is 4.00. The van der Waals surface area contributed by atoms with E-state index in [1.54, 1.807) is 12.1 Å². The van der Waals surface area contributed by atoms with Gasteiger partial charge in [-0.3, -0.25) is 20.2 Å². The maximum atomic E-state index is 12.6. The van der Waals surface area contributed by atoms with Gasteiger partial charge in [0.15, 0.2) is 5.75 Å². The largest absolute Gasteiger partial charge is 0.480 e. The summed E-state index contributed by atoms with van der Waals surface area (Å²) >= 11 is 6.21. The molecule has 0 unspecified atom stereocenters. The van der Waals surface area contributed by atoms with Crippen molar-refractivity contribution in [3.05, 3.63) is 71.4 Å². The van der Waals surface area contributed by atoms with Crippen LogP contribution >= 0.6 is 31.9 Å². The lowest BCUT2D eigenvalue weighted by Crippen LogP contribution is -2.17. The molecule has 3 rings (SSSR count). The number of nitro groups is 2. The van der Waals surface area contributed by atoms with Crippen molar-refractivity contribution in [2.45, 2.75) is 31.8 Å². The van der Waals surface area contributed by atoms with Crippen molar-refractivity contribution in [3.8, 4) is 5.75 Å². The molecular formula is C18H15Br2FN2O7. The average Bonchev–Trinajstić information content (AvgIpc) is 3.46. The van der Waals surface area contributed by atoms with Crippen LogP contribution in [-0.2, 0) is 9.59 Å². The van der Waals surface area contributed by atoms with Crippen LogP contribution in [0.5, 0.6) is 5.75 Å². The van der Waals surface area contributed by atoms with Crippen LogP contribution < -0.4 is 4.74 Å². The summed E-state index contributed by atoms with van der Waals surface area (Å²) in [6.07, 6.45) is 3.10. The Morgan fingerprint density at radius 3 is 1.90 bits per heavy atom. The first-order chi connectivity index (χ1) is 14.1. The van der Waals surface area contributed by atoms with Crippen molar-refractivity contribution in [1.82, 2.24) is 0 Å². The third-order valence-corrected chi connectivity index (χ3v) is 4.99. The summed E-state index contributed by atoms with van der Waals surface area (Å²) in [7, 11) is 0. The Morgan fingerprint density at radius 2 is 1.50 bits per heavy atom. The van der Waals surface area contributed by atoms with Crippen LogP contribution in [0.2, 0.25) is 0 Å². The van der Waals surface area contributed by atoms with E-state index in [-0.39, 0.29) is 17.4 Å². The molecule has 12 heteroatoms. The summed E-state index contributed by atoms with van der Waals surface area (Å²) in [4.78, 5) is 36.1. The van der Waals surface area contributed by atoms with Gasteiger partial charge in [0.25, 0.3) is 0 Å². The Balaban J connectivity index is 0.000000280. The molecule has 0 N–H and O–H groups in total. The van der Waals surface area contributed by atoms with E-state index in [9.17, 15) is 24.6 Å². The summed E-state index contributed by atoms with van der Waals surface area (Å²) in [6, 6.07) is 8.45. The smallest absolute Gasteiger partial charge is 0.373 e. The topological polar surface area (TPSA) is 130 Å². The first-order valence-electron chi connectivity index (χ1n) is 8.30. The molecule has 0 heterocycles. The van der Waals surface area contributed by atoms with E-state index in [2.05, 4.69) is 31.9 Å². The maximum absolute atomic E-state index is 12.6. The van der Waals surface area contributed by atoms with Gasteiger partial charge in [-0.1, -0.05) is 38.8 Å². The van der Waals surface area contributed by atoms with E-state index in [0.29, 0.717) is 14.7 Å². The van der Waals surface area contributed by atoms with Crippen LogP contribution in [0.25, 0.3) is 0 Å². The molecule has 0 amide bonds. The molecular weight excluding hydrogens is 535 g/mol. The highest BCUT2D eigenvalue weighted by Gasteiger charge is 2.44. The number of hydrogen-bond donors (Lipinski definition) is 0. The zero-order valence-corrected chi connectivity index (χ0v) is 18.6. The van der Waals surface area contributed by atoms with Crippen molar-refractivity contribution < 1.29 is 28.6 Å². The molecule has 0 saturated heterocycles. The Labute approximate surface area is 186 Å². The lowest BCUT2D eigenvalue weighted by molar-refractivity contribution is -0.387. The fourth-order valence-electron chi connectivity index (χ4n) is 2.25. The minimum Gasteiger partial charge on any atom is -0.480 e. The molecule has 0 atom stereocenters. The fourth-order valence-corrected chi connectivity index (χ4v) is 2.94. The molecule has 160 valence electrons.